The zero-order valence-corrected chi connectivity index (χ0v) is 10.1. The van der Waals surface area contributed by atoms with Crippen LogP contribution in [0.4, 0.5) is 0 Å². The van der Waals surface area contributed by atoms with Gasteiger partial charge in [-0.3, -0.25) is 4.79 Å². The number of methoxy groups -OCH3 is 1. The van der Waals surface area contributed by atoms with Gasteiger partial charge >= 0.3 is 0 Å². The summed E-state index contributed by atoms with van der Waals surface area (Å²) in [5, 5.41) is 0. The van der Waals surface area contributed by atoms with E-state index < -0.39 is 0 Å². The van der Waals surface area contributed by atoms with Crippen molar-refractivity contribution in [1.29, 1.82) is 0 Å². The van der Waals surface area contributed by atoms with Gasteiger partial charge in [-0.05, 0) is 18.7 Å². The fourth-order valence-corrected chi connectivity index (χ4v) is 1.75. The van der Waals surface area contributed by atoms with Crippen LogP contribution in [0.5, 0.6) is 5.75 Å². The Balaban J connectivity index is 2.53. The number of ether oxygens (including phenoxy) is 1. The summed E-state index contributed by atoms with van der Waals surface area (Å²) in [6.45, 7) is 0.460. The molecule has 2 rings (SSSR count). The molecule has 1 heterocycles. The number of hydrogen-bond acceptors (Lipinski definition) is 4. The second-order valence-corrected chi connectivity index (χ2v) is 3.82. The largest absolute Gasteiger partial charge is 0.496 e. The summed E-state index contributed by atoms with van der Waals surface area (Å²) in [5.74, 6) is 1.17. The van der Waals surface area contributed by atoms with E-state index in [1.807, 2.05) is 24.3 Å². The van der Waals surface area contributed by atoms with Crippen molar-refractivity contribution < 1.29 is 4.74 Å². The summed E-state index contributed by atoms with van der Waals surface area (Å²) in [5.41, 5.74) is 6.74. The van der Waals surface area contributed by atoms with Crippen molar-refractivity contribution in [3.8, 4) is 17.1 Å². The highest BCUT2D eigenvalue weighted by molar-refractivity contribution is 5.63. The van der Waals surface area contributed by atoms with Crippen molar-refractivity contribution >= 4 is 0 Å². The van der Waals surface area contributed by atoms with E-state index in [9.17, 15) is 4.79 Å². The fourth-order valence-electron chi connectivity index (χ4n) is 1.75. The first-order valence-electron chi connectivity index (χ1n) is 5.68. The lowest BCUT2D eigenvalue weighted by molar-refractivity contribution is 0.416. The molecular formula is C13H15N3O2. The molecule has 0 atom stereocenters. The maximum absolute atomic E-state index is 11.6. The summed E-state index contributed by atoms with van der Waals surface area (Å²) in [7, 11) is 1.58. The first-order valence-corrected chi connectivity index (χ1v) is 5.68. The topological polar surface area (TPSA) is 81.0 Å². The molecule has 0 aliphatic rings. The summed E-state index contributed by atoms with van der Waals surface area (Å²) in [6.07, 6.45) is 0.575. The van der Waals surface area contributed by atoms with Gasteiger partial charge in [0.25, 0.3) is 5.56 Å². The second-order valence-electron chi connectivity index (χ2n) is 3.82. The third-order valence-corrected chi connectivity index (χ3v) is 2.56. The number of H-pyrrole nitrogens is 1. The predicted molar refractivity (Wildman–Crippen MR) is 69.6 cm³/mol. The lowest BCUT2D eigenvalue weighted by atomic mass is 10.2. The Morgan fingerprint density at radius 2 is 2.17 bits per heavy atom. The van der Waals surface area contributed by atoms with Gasteiger partial charge in [0.15, 0.2) is 0 Å². The van der Waals surface area contributed by atoms with E-state index in [2.05, 4.69) is 9.97 Å². The number of nitrogens with two attached hydrogens (primary N) is 1. The van der Waals surface area contributed by atoms with E-state index in [0.717, 1.165) is 5.56 Å². The summed E-state index contributed by atoms with van der Waals surface area (Å²) >= 11 is 0. The van der Waals surface area contributed by atoms with Crippen LogP contribution in [0.2, 0.25) is 0 Å². The molecule has 18 heavy (non-hydrogen) atoms. The Morgan fingerprint density at radius 1 is 1.39 bits per heavy atom. The van der Waals surface area contributed by atoms with Crippen molar-refractivity contribution in [3.05, 3.63) is 46.4 Å². The molecule has 0 unspecified atom stereocenters. The zero-order valence-electron chi connectivity index (χ0n) is 10.1. The average molecular weight is 245 g/mol. The first-order chi connectivity index (χ1) is 8.74. The Hall–Kier alpha value is -2.14. The molecular weight excluding hydrogens is 230 g/mol. The number of nitrogens with one attached hydrogen (secondary N) is 1. The van der Waals surface area contributed by atoms with Crippen molar-refractivity contribution in [1.82, 2.24) is 9.97 Å². The molecule has 94 valence electrons. The highest BCUT2D eigenvalue weighted by atomic mass is 16.5. The molecule has 0 spiro atoms. The summed E-state index contributed by atoms with van der Waals surface area (Å²) < 4.78 is 5.25. The van der Waals surface area contributed by atoms with Crippen molar-refractivity contribution in [2.24, 2.45) is 5.73 Å². The standard InChI is InChI=1S/C13H15N3O2/c1-18-11-5-3-2-4-10(11)13-15-9(6-7-14)8-12(17)16-13/h2-5,8H,6-7,14H2,1H3,(H,15,16,17). The molecule has 0 fully saturated rings. The number of para-hydroxylation sites is 1. The molecule has 0 aliphatic carbocycles. The van der Waals surface area contributed by atoms with E-state index >= 15 is 0 Å². The van der Waals surface area contributed by atoms with Gasteiger partial charge in [0.1, 0.15) is 11.6 Å². The third kappa shape index (κ3) is 2.57. The quantitative estimate of drug-likeness (QED) is 0.840. The second kappa shape index (κ2) is 5.46. The van der Waals surface area contributed by atoms with Crippen LogP contribution in [-0.2, 0) is 6.42 Å². The molecule has 0 saturated carbocycles. The molecule has 0 amide bonds. The minimum atomic E-state index is -0.186. The van der Waals surface area contributed by atoms with Crippen molar-refractivity contribution in [2.75, 3.05) is 13.7 Å². The van der Waals surface area contributed by atoms with Gasteiger partial charge in [0.2, 0.25) is 0 Å². The van der Waals surface area contributed by atoms with Crippen LogP contribution in [0, 0.1) is 0 Å². The molecule has 1 aromatic carbocycles. The maximum Gasteiger partial charge on any atom is 0.251 e. The highest BCUT2D eigenvalue weighted by Crippen LogP contribution is 2.25. The molecule has 0 saturated heterocycles. The van der Waals surface area contributed by atoms with E-state index in [1.165, 1.54) is 6.07 Å². The monoisotopic (exact) mass is 245 g/mol. The molecule has 0 bridgehead atoms. The molecule has 0 aliphatic heterocycles. The smallest absolute Gasteiger partial charge is 0.251 e. The van der Waals surface area contributed by atoms with Crippen LogP contribution >= 0.6 is 0 Å². The van der Waals surface area contributed by atoms with E-state index in [1.54, 1.807) is 7.11 Å². The van der Waals surface area contributed by atoms with Gasteiger partial charge in [-0.25, -0.2) is 4.98 Å². The zero-order chi connectivity index (χ0) is 13.0. The van der Waals surface area contributed by atoms with Gasteiger partial charge in [-0.2, -0.15) is 0 Å². The van der Waals surface area contributed by atoms with Crippen LogP contribution in [0.25, 0.3) is 11.4 Å². The Kier molecular flexibility index (Phi) is 3.74. The van der Waals surface area contributed by atoms with Crippen molar-refractivity contribution in [2.45, 2.75) is 6.42 Å². The summed E-state index contributed by atoms with van der Waals surface area (Å²) in [6, 6.07) is 8.87. The molecule has 3 N–H and O–H groups in total. The number of benzene rings is 1. The van der Waals surface area contributed by atoms with Gasteiger partial charge in [0.05, 0.1) is 12.7 Å². The highest BCUT2D eigenvalue weighted by Gasteiger charge is 2.08. The maximum atomic E-state index is 11.6. The van der Waals surface area contributed by atoms with Gasteiger partial charge in [-0.1, -0.05) is 12.1 Å². The molecule has 0 radical (unpaired) electrons. The molecule has 1 aromatic heterocycles. The van der Waals surface area contributed by atoms with Crippen LogP contribution in [-0.4, -0.2) is 23.6 Å². The molecule has 5 heteroatoms. The normalized spacial score (nSPS) is 10.3. The number of nitrogens with zero attached hydrogens (tertiary/aromatic N) is 1. The van der Waals surface area contributed by atoms with E-state index in [-0.39, 0.29) is 5.56 Å². The van der Waals surface area contributed by atoms with Gasteiger partial charge < -0.3 is 15.5 Å². The number of hydrogen-bond donors (Lipinski definition) is 2. The SMILES string of the molecule is COc1ccccc1-c1nc(CCN)cc(=O)[nH]1. The number of aromatic amines is 1. The predicted octanol–water partition coefficient (Wildman–Crippen LogP) is 0.947. The molecule has 5 nitrogen and oxygen atoms in total. The third-order valence-electron chi connectivity index (χ3n) is 2.56. The van der Waals surface area contributed by atoms with Gasteiger partial charge in [0, 0.05) is 18.2 Å². The Morgan fingerprint density at radius 3 is 2.89 bits per heavy atom. The lowest BCUT2D eigenvalue weighted by Gasteiger charge is -2.08. The van der Waals surface area contributed by atoms with Crippen LogP contribution in [0.15, 0.2) is 35.1 Å². The van der Waals surface area contributed by atoms with Crippen LogP contribution in [0.1, 0.15) is 5.69 Å². The van der Waals surface area contributed by atoms with Crippen molar-refractivity contribution in [3.63, 3.8) is 0 Å². The summed E-state index contributed by atoms with van der Waals surface area (Å²) in [4.78, 5) is 18.7. The van der Waals surface area contributed by atoms with E-state index in [4.69, 9.17) is 10.5 Å². The van der Waals surface area contributed by atoms with Crippen LogP contribution < -0.4 is 16.0 Å². The number of aromatic nitrogens is 2. The Labute approximate surface area is 105 Å². The van der Waals surface area contributed by atoms with E-state index in [0.29, 0.717) is 30.2 Å². The lowest BCUT2D eigenvalue weighted by Crippen LogP contribution is -2.13. The van der Waals surface area contributed by atoms with Crippen LogP contribution in [0.3, 0.4) is 0 Å². The van der Waals surface area contributed by atoms with Gasteiger partial charge in [-0.15, -0.1) is 0 Å². The first kappa shape index (κ1) is 12.3. The molecule has 2 aromatic rings. The number of rotatable bonds is 4. The minimum absolute atomic E-state index is 0.186. The average Bonchev–Trinajstić information content (AvgIpc) is 2.38. The minimum Gasteiger partial charge on any atom is -0.496 e. The fraction of sp³-hybridized carbons (Fsp3) is 0.231. The Bertz CT molecular complexity index is 593.